The SMILES string of the molecule is CN(c1cc(C(=O)NC(CO)CO)cnn1)C1CCNCC1. The van der Waals surface area contributed by atoms with Gasteiger partial charge in [0.2, 0.25) is 0 Å². The number of nitrogens with zero attached hydrogens (tertiary/aromatic N) is 3. The van der Waals surface area contributed by atoms with Crippen LogP contribution in [0.1, 0.15) is 23.2 Å². The molecule has 1 aliphatic rings. The Balaban J connectivity index is 2.06. The number of aliphatic hydroxyl groups excluding tert-OH is 2. The van der Waals surface area contributed by atoms with Crippen molar-refractivity contribution in [2.75, 3.05) is 38.3 Å². The molecule has 2 rings (SSSR count). The van der Waals surface area contributed by atoms with Gasteiger partial charge in [0.05, 0.1) is 31.0 Å². The van der Waals surface area contributed by atoms with E-state index in [4.69, 9.17) is 10.2 Å². The summed E-state index contributed by atoms with van der Waals surface area (Å²) in [5.74, 6) is 0.257. The minimum atomic E-state index is -0.675. The van der Waals surface area contributed by atoms with Gasteiger partial charge in [-0.3, -0.25) is 4.79 Å². The lowest BCUT2D eigenvalue weighted by molar-refractivity contribution is 0.0879. The summed E-state index contributed by atoms with van der Waals surface area (Å²) < 4.78 is 0. The van der Waals surface area contributed by atoms with Crippen molar-refractivity contribution in [3.05, 3.63) is 17.8 Å². The lowest BCUT2D eigenvalue weighted by Gasteiger charge is -2.32. The lowest BCUT2D eigenvalue weighted by Crippen LogP contribution is -2.42. The van der Waals surface area contributed by atoms with E-state index in [-0.39, 0.29) is 19.1 Å². The number of carbonyl (C=O) groups excluding carboxylic acids is 1. The summed E-state index contributed by atoms with van der Waals surface area (Å²) in [4.78, 5) is 14.1. The third-order valence-corrected chi connectivity index (χ3v) is 3.90. The molecule has 4 N–H and O–H groups in total. The van der Waals surface area contributed by atoms with Gasteiger partial charge < -0.3 is 25.7 Å². The van der Waals surface area contributed by atoms with Gasteiger partial charge in [0.15, 0.2) is 5.82 Å². The Kier molecular flexibility index (Phi) is 6.05. The Morgan fingerprint density at radius 3 is 2.77 bits per heavy atom. The van der Waals surface area contributed by atoms with Crippen LogP contribution in [-0.2, 0) is 0 Å². The van der Waals surface area contributed by atoms with Crippen LogP contribution in [0.4, 0.5) is 5.82 Å². The molecule has 0 aromatic carbocycles. The summed E-state index contributed by atoms with van der Waals surface area (Å²) in [5, 5.41) is 31.9. The van der Waals surface area contributed by atoms with Crippen LogP contribution in [0.2, 0.25) is 0 Å². The average Bonchev–Trinajstić information content (AvgIpc) is 2.59. The van der Waals surface area contributed by atoms with Crippen molar-refractivity contribution >= 4 is 11.7 Å². The standard InChI is InChI=1S/C14H23N5O3/c1-19(12-2-4-15-5-3-12)13-6-10(7-16-18-13)14(22)17-11(8-20)9-21/h6-7,11-12,15,20-21H,2-5,8-9H2,1H3,(H,17,22). The van der Waals surface area contributed by atoms with Gasteiger partial charge >= 0.3 is 0 Å². The molecule has 0 spiro atoms. The topological polar surface area (TPSA) is 111 Å². The molecule has 1 aromatic rings. The molecular formula is C14H23N5O3. The fourth-order valence-electron chi connectivity index (χ4n) is 2.45. The number of anilines is 1. The number of aromatic nitrogens is 2. The van der Waals surface area contributed by atoms with Gasteiger partial charge in [-0.2, -0.15) is 5.10 Å². The van der Waals surface area contributed by atoms with Crippen LogP contribution in [-0.4, -0.2) is 71.8 Å². The van der Waals surface area contributed by atoms with Gasteiger partial charge in [-0.1, -0.05) is 0 Å². The lowest BCUT2D eigenvalue weighted by atomic mass is 10.1. The monoisotopic (exact) mass is 309 g/mol. The van der Waals surface area contributed by atoms with Crippen molar-refractivity contribution < 1.29 is 15.0 Å². The predicted octanol–water partition coefficient (Wildman–Crippen LogP) is -1.25. The molecule has 22 heavy (non-hydrogen) atoms. The number of carbonyl (C=O) groups is 1. The van der Waals surface area contributed by atoms with Crippen LogP contribution in [0.15, 0.2) is 12.3 Å². The Labute approximate surface area is 129 Å². The van der Waals surface area contributed by atoms with Crippen molar-refractivity contribution in [3.8, 4) is 0 Å². The highest BCUT2D eigenvalue weighted by Gasteiger charge is 2.20. The second-order valence-electron chi connectivity index (χ2n) is 5.43. The minimum absolute atomic E-state index is 0.317. The maximum atomic E-state index is 12.1. The summed E-state index contributed by atoms with van der Waals surface area (Å²) in [6.07, 6.45) is 3.41. The smallest absolute Gasteiger partial charge is 0.253 e. The minimum Gasteiger partial charge on any atom is -0.394 e. The fraction of sp³-hybridized carbons (Fsp3) is 0.643. The highest BCUT2D eigenvalue weighted by Crippen LogP contribution is 2.18. The molecular weight excluding hydrogens is 286 g/mol. The third kappa shape index (κ3) is 4.12. The van der Waals surface area contributed by atoms with Crippen molar-refractivity contribution in [2.45, 2.75) is 24.9 Å². The second-order valence-corrected chi connectivity index (χ2v) is 5.43. The van der Waals surface area contributed by atoms with Crippen molar-refractivity contribution in [1.29, 1.82) is 0 Å². The number of aliphatic hydroxyl groups is 2. The number of hydrogen-bond donors (Lipinski definition) is 4. The highest BCUT2D eigenvalue weighted by atomic mass is 16.3. The maximum absolute atomic E-state index is 12.1. The van der Waals surface area contributed by atoms with E-state index in [1.54, 1.807) is 6.07 Å². The van der Waals surface area contributed by atoms with Gasteiger partial charge in [-0.05, 0) is 32.0 Å². The number of rotatable bonds is 6. The number of piperidine rings is 1. The maximum Gasteiger partial charge on any atom is 0.253 e. The molecule has 0 saturated carbocycles. The molecule has 8 nitrogen and oxygen atoms in total. The zero-order valence-electron chi connectivity index (χ0n) is 12.7. The summed E-state index contributed by atoms with van der Waals surface area (Å²) in [5.41, 5.74) is 0.359. The van der Waals surface area contributed by atoms with Gasteiger partial charge in [0.25, 0.3) is 5.91 Å². The Hall–Kier alpha value is -1.77. The first kappa shape index (κ1) is 16.6. The molecule has 1 aliphatic heterocycles. The molecule has 0 unspecified atom stereocenters. The van der Waals surface area contributed by atoms with E-state index in [1.807, 2.05) is 11.9 Å². The average molecular weight is 309 g/mol. The molecule has 0 radical (unpaired) electrons. The van der Waals surface area contributed by atoms with E-state index in [0.717, 1.165) is 25.9 Å². The van der Waals surface area contributed by atoms with E-state index in [9.17, 15) is 4.79 Å². The molecule has 1 aromatic heterocycles. The van der Waals surface area contributed by atoms with Crippen LogP contribution < -0.4 is 15.5 Å². The Morgan fingerprint density at radius 2 is 2.14 bits per heavy atom. The summed E-state index contributed by atoms with van der Waals surface area (Å²) >= 11 is 0. The van der Waals surface area contributed by atoms with Crippen molar-refractivity contribution in [1.82, 2.24) is 20.8 Å². The Morgan fingerprint density at radius 1 is 1.45 bits per heavy atom. The van der Waals surface area contributed by atoms with Gasteiger partial charge in [0.1, 0.15) is 0 Å². The third-order valence-electron chi connectivity index (χ3n) is 3.90. The van der Waals surface area contributed by atoms with Gasteiger partial charge in [0, 0.05) is 13.1 Å². The zero-order valence-corrected chi connectivity index (χ0v) is 12.7. The largest absolute Gasteiger partial charge is 0.394 e. The van der Waals surface area contributed by atoms with Crippen LogP contribution in [0.25, 0.3) is 0 Å². The predicted molar refractivity (Wildman–Crippen MR) is 81.8 cm³/mol. The first-order chi connectivity index (χ1) is 10.7. The molecule has 0 bridgehead atoms. The Bertz CT molecular complexity index is 489. The van der Waals surface area contributed by atoms with Crippen LogP contribution in [0.5, 0.6) is 0 Å². The van der Waals surface area contributed by atoms with E-state index in [1.165, 1.54) is 6.20 Å². The first-order valence-electron chi connectivity index (χ1n) is 7.44. The van der Waals surface area contributed by atoms with Gasteiger partial charge in [-0.25, -0.2) is 0 Å². The number of hydrogen-bond acceptors (Lipinski definition) is 7. The molecule has 122 valence electrons. The molecule has 0 aliphatic carbocycles. The molecule has 2 heterocycles. The summed E-state index contributed by atoms with van der Waals surface area (Å²) in [7, 11) is 1.95. The van der Waals surface area contributed by atoms with Gasteiger partial charge in [-0.15, -0.1) is 5.10 Å². The summed E-state index contributed by atoms with van der Waals surface area (Å²) in [6, 6.07) is 1.37. The van der Waals surface area contributed by atoms with E-state index in [2.05, 4.69) is 20.8 Å². The molecule has 8 heteroatoms. The van der Waals surface area contributed by atoms with Crippen molar-refractivity contribution in [3.63, 3.8) is 0 Å². The fourth-order valence-corrected chi connectivity index (χ4v) is 2.45. The van der Waals surface area contributed by atoms with E-state index in [0.29, 0.717) is 17.4 Å². The van der Waals surface area contributed by atoms with E-state index < -0.39 is 6.04 Å². The van der Waals surface area contributed by atoms with Crippen molar-refractivity contribution in [2.24, 2.45) is 0 Å². The van der Waals surface area contributed by atoms with Crippen LogP contribution in [0, 0.1) is 0 Å². The molecule has 1 saturated heterocycles. The second kappa shape index (κ2) is 8.02. The molecule has 1 amide bonds. The van der Waals surface area contributed by atoms with Crippen LogP contribution in [0.3, 0.4) is 0 Å². The normalized spacial score (nSPS) is 15.8. The molecule has 0 atom stereocenters. The number of nitrogens with one attached hydrogen (secondary N) is 2. The highest BCUT2D eigenvalue weighted by molar-refractivity contribution is 5.94. The quantitative estimate of drug-likeness (QED) is 0.519. The van der Waals surface area contributed by atoms with E-state index >= 15 is 0 Å². The molecule has 1 fully saturated rings. The zero-order chi connectivity index (χ0) is 15.9. The summed E-state index contributed by atoms with van der Waals surface area (Å²) in [6.45, 7) is 1.31. The number of amides is 1. The van der Waals surface area contributed by atoms with Crippen LogP contribution >= 0.6 is 0 Å². The first-order valence-corrected chi connectivity index (χ1v) is 7.44.